The number of nitrogens with one attached hydrogen (secondary N) is 1. The van der Waals surface area contributed by atoms with E-state index in [1.54, 1.807) is 0 Å². The van der Waals surface area contributed by atoms with Gasteiger partial charge in [-0.25, -0.2) is 0 Å². The number of aryl methyl sites for hydroxylation is 2. The Morgan fingerprint density at radius 2 is 1.39 bits per heavy atom. The Morgan fingerprint density at radius 1 is 0.848 bits per heavy atom. The number of carbonyl (C=O) groups excluding carboxylic acids is 2. The number of rotatable bonds is 7. The van der Waals surface area contributed by atoms with Crippen molar-refractivity contribution in [1.29, 1.82) is 0 Å². The molecule has 4 nitrogen and oxygen atoms in total. The molecular formula is C29H32N2O2. The number of likely N-dealkylation sites (tertiary alicyclic amines) is 1. The number of hydrogen-bond acceptors (Lipinski definition) is 2. The molecule has 4 rings (SSSR count). The molecule has 0 aliphatic carbocycles. The molecule has 0 unspecified atom stereocenters. The lowest BCUT2D eigenvalue weighted by molar-refractivity contribution is -0.133. The van der Waals surface area contributed by atoms with Gasteiger partial charge in [0.1, 0.15) is 0 Å². The minimum atomic E-state index is -0.298. The Hall–Kier alpha value is -3.40. The maximum absolute atomic E-state index is 13.5. The van der Waals surface area contributed by atoms with Crippen molar-refractivity contribution in [3.05, 3.63) is 107 Å². The molecule has 0 spiro atoms. The zero-order chi connectivity index (χ0) is 23.0. The predicted octanol–water partition coefficient (Wildman–Crippen LogP) is 4.87. The quantitative estimate of drug-likeness (QED) is 0.570. The van der Waals surface area contributed by atoms with Crippen LogP contribution in [0.25, 0.3) is 0 Å². The van der Waals surface area contributed by atoms with Gasteiger partial charge >= 0.3 is 0 Å². The molecule has 3 aromatic rings. The first-order chi connectivity index (χ1) is 16.1. The van der Waals surface area contributed by atoms with Gasteiger partial charge in [0.15, 0.2) is 0 Å². The number of carbonyl (C=O) groups is 2. The smallest absolute Gasteiger partial charge is 0.234 e. The van der Waals surface area contributed by atoms with Crippen molar-refractivity contribution in [3.8, 4) is 0 Å². The molecule has 0 aromatic heterocycles. The third-order valence-electron chi connectivity index (χ3n) is 6.45. The highest BCUT2D eigenvalue weighted by atomic mass is 16.2. The molecule has 1 saturated heterocycles. The molecule has 4 heteroatoms. The number of benzene rings is 3. The van der Waals surface area contributed by atoms with Gasteiger partial charge in [0, 0.05) is 25.6 Å². The molecule has 3 aromatic carbocycles. The number of amides is 2. The Labute approximate surface area is 196 Å². The number of nitrogens with zero attached hydrogens (tertiary/aromatic N) is 1. The van der Waals surface area contributed by atoms with Crippen LogP contribution < -0.4 is 5.32 Å². The molecular weight excluding hydrogens is 408 g/mol. The highest BCUT2D eigenvalue weighted by Gasteiger charge is 2.30. The van der Waals surface area contributed by atoms with Gasteiger partial charge in [-0.3, -0.25) is 9.59 Å². The van der Waals surface area contributed by atoms with Crippen LogP contribution in [0.15, 0.2) is 84.9 Å². The van der Waals surface area contributed by atoms with Gasteiger partial charge in [-0.2, -0.15) is 0 Å². The van der Waals surface area contributed by atoms with Crippen molar-refractivity contribution in [2.75, 3.05) is 13.1 Å². The number of piperidine rings is 1. The third kappa shape index (κ3) is 6.10. The first-order valence-corrected chi connectivity index (χ1v) is 11.8. The Kier molecular flexibility index (Phi) is 7.56. The largest absolute Gasteiger partial charge is 0.353 e. The minimum absolute atomic E-state index is 0.0896. The summed E-state index contributed by atoms with van der Waals surface area (Å²) in [6.45, 7) is 3.39. The van der Waals surface area contributed by atoms with Crippen LogP contribution in [-0.2, 0) is 16.0 Å². The molecule has 1 N–H and O–H groups in total. The van der Waals surface area contributed by atoms with Crippen LogP contribution in [0.2, 0.25) is 0 Å². The second-order valence-electron chi connectivity index (χ2n) is 8.91. The van der Waals surface area contributed by atoms with Crippen molar-refractivity contribution in [2.24, 2.45) is 0 Å². The van der Waals surface area contributed by atoms with Gasteiger partial charge in [0.2, 0.25) is 11.8 Å². The van der Waals surface area contributed by atoms with E-state index in [2.05, 4.69) is 36.5 Å². The summed E-state index contributed by atoms with van der Waals surface area (Å²) in [5.41, 5.74) is 4.44. The van der Waals surface area contributed by atoms with E-state index in [1.807, 2.05) is 65.6 Å². The highest BCUT2D eigenvalue weighted by molar-refractivity contribution is 5.87. The average Bonchev–Trinajstić information content (AvgIpc) is 2.85. The van der Waals surface area contributed by atoms with Crippen LogP contribution in [-0.4, -0.2) is 35.8 Å². The standard InChI is InChI=1S/C29H32N2O2/c1-22-12-14-23(15-13-22)16-17-27(32)30-26-18-20-31(21-19-26)29(33)28(24-8-4-2-5-9-24)25-10-6-3-7-11-25/h2-15,26,28H,16-21H2,1H3,(H,30,32). The van der Waals surface area contributed by atoms with E-state index in [1.165, 1.54) is 11.1 Å². The van der Waals surface area contributed by atoms with E-state index in [0.717, 1.165) is 30.4 Å². The first-order valence-electron chi connectivity index (χ1n) is 11.8. The van der Waals surface area contributed by atoms with Crippen LogP contribution in [0, 0.1) is 6.92 Å². The van der Waals surface area contributed by atoms with E-state index in [-0.39, 0.29) is 23.8 Å². The summed E-state index contributed by atoms with van der Waals surface area (Å²) in [4.78, 5) is 28.0. The van der Waals surface area contributed by atoms with Gasteiger partial charge in [0.05, 0.1) is 5.92 Å². The summed E-state index contributed by atoms with van der Waals surface area (Å²) >= 11 is 0. The molecule has 1 aliphatic rings. The molecule has 0 radical (unpaired) electrons. The van der Waals surface area contributed by atoms with Crippen LogP contribution >= 0.6 is 0 Å². The predicted molar refractivity (Wildman–Crippen MR) is 132 cm³/mol. The Bertz CT molecular complexity index is 1000. The Balaban J connectivity index is 1.32. The maximum atomic E-state index is 13.5. The van der Waals surface area contributed by atoms with Crippen LogP contribution in [0.4, 0.5) is 0 Å². The summed E-state index contributed by atoms with van der Waals surface area (Å²) in [6.07, 6.45) is 2.82. The molecule has 0 saturated carbocycles. The molecule has 0 bridgehead atoms. The fraction of sp³-hybridized carbons (Fsp3) is 0.310. The lowest BCUT2D eigenvalue weighted by Crippen LogP contribution is -2.47. The lowest BCUT2D eigenvalue weighted by Gasteiger charge is -2.35. The zero-order valence-electron chi connectivity index (χ0n) is 19.2. The first kappa shape index (κ1) is 22.8. The molecule has 1 heterocycles. The molecule has 1 fully saturated rings. The van der Waals surface area contributed by atoms with E-state index < -0.39 is 0 Å². The summed E-state index contributed by atoms with van der Waals surface area (Å²) in [6, 6.07) is 28.4. The second kappa shape index (κ2) is 11.0. The molecule has 33 heavy (non-hydrogen) atoms. The van der Waals surface area contributed by atoms with Crippen LogP contribution in [0.3, 0.4) is 0 Å². The lowest BCUT2D eigenvalue weighted by atomic mass is 9.89. The topological polar surface area (TPSA) is 49.4 Å². The molecule has 0 atom stereocenters. The summed E-state index contributed by atoms with van der Waals surface area (Å²) in [7, 11) is 0. The zero-order valence-corrected chi connectivity index (χ0v) is 19.2. The van der Waals surface area contributed by atoms with Crippen molar-refractivity contribution in [3.63, 3.8) is 0 Å². The Morgan fingerprint density at radius 3 is 1.94 bits per heavy atom. The average molecular weight is 441 g/mol. The number of hydrogen-bond donors (Lipinski definition) is 1. The van der Waals surface area contributed by atoms with Gasteiger partial charge in [0.25, 0.3) is 0 Å². The van der Waals surface area contributed by atoms with Crippen molar-refractivity contribution < 1.29 is 9.59 Å². The van der Waals surface area contributed by atoms with E-state index in [4.69, 9.17) is 0 Å². The van der Waals surface area contributed by atoms with E-state index in [0.29, 0.717) is 19.5 Å². The summed E-state index contributed by atoms with van der Waals surface area (Å²) < 4.78 is 0. The SMILES string of the molecule is Cc1ccc(CCC(=O)NC2CCN(C(=O)C(c3ccccc3)c3ccccc3)CC2)cc1. The van der Waals surface area contributed by atoms with Gasteiger partial charge in [-0.05, 0) is 42.9 Å². The monoisotopic (exact) mass is 440 g/mol. The normalized spacial score (nSPS) is 14.3. The molecule has 170 valence electrons. The van der Waals surface area contributed by atoms with Crippen molar-refractivity contribution >= 4 is 11.8 Å². The summed E-state index contributed by atoms with van der Waals surface area (Å²) in [5, 5.41) is 3.18. The van der Waals surface area contributed by atoms with Crippen LogP contribution in [0.1, 0.15) is 47.4 Å². The van der Waals surface area contributed by atoms with Crippen molar-refractivity contribution in [2.45, 2.75) is 44.6 Å². The summed E-state index contributed by atoms with van der Waals surface area (Å²) in [5.74, 6) is -0.0728. The van der Waals surface area contributed by atoms with Gasteiger partial charge in [-0.1, -0.05) is 90.5 Å². The van der Waals surface area contributed by atoms with Gasteiger partial charge in [-0.15, -0.1) is 0 Å². The molecule has 1 aliphatic heterocycles. The van der Waals surface area contributed by atoms with E-state index in [9.17, 15) is 9.59 Å². The van der Waals surface area contributed by atoms with Crippen LogP contribution in [0.5, 0.6) is 0 Å². The fourth-order valence-corrected chi connectivity index (χ4v) is 4.51. The van der Waals surface area contributed by atoms with Gasteiger partial charge < -0.3 is 10.2 Å². The second-order valence-corrected chi connectivity index (χ2v) is 8.91. The van der Waals surface area contributed by atoms with Crippen molar-refractivity contribution in [1.82, 2.24) is 10.2 Å². The third-order valence-corrected chi connectivity index (χ3v) is 6.45. The minimum Gasteiger partial charge on any atom is -0.353 e. The highest BCUT2D eigenvalue weighted by Crippen LogP contribution is 2.28. The maximum Gasteiger partial charge on any atom is 0.234 e. The van der Waals surface area contributed by atoms with E-state index >= 15 is 0 Å². The fourth-order valence-electron chi connectivity index (χ4n) is 4.51. The molecule has 2 amide bonds.